The first-order chi connectivity index (χ1) is 9.61. The lowest BCUT2D eigenvalue weighted by Gasteiger charge is -2.14. The Kier molecular flexibility index (Phi) is 5.51. The first-order valence-corrected chi connectivity index (χ1v) is 7.40. The zero-order valence-electron chi connectivity index (χ0n) is 11.1. The molecule has 0 bridgehead atoms. The highest BCUT2D eigenvalue weighted by Gasteiger charge is 2.14. The van der Waals surface area contributed by atoms with E-state index in [0.717, 1.165) is 26.7 Å². The molecule has 20 heavy (non-hydrogen) atoms. The van der Waals surface area contributed by atoms with Gasteiger partial charge in [-0.05, 0) is 57.8 Å². The molecule has 1 unspecified atom stereocenters. The summed E-state index contributed by atoms with van der Waals surface area (Å²) in [6, 6.07) is 12.2. The lowest BCUT2D eigenvalue weighted by atomic mass is 10.00. The van der Waals surface area contributed by atoms with Crippen LogP contribution >= 0.6 is 22.6 Å². The molecule has 2 nitrogen and oxygen atoms in total. The minimum Gasteiger partial charge on any atom is -0.384 e. The Morgan fingerprint density at radius 2 is 1.90 bits per heavy atom. The number of methoxy groups -OCH3 is 1. The minimum atomic E-state index is -0.737. The van der Waals surface area contributed by atoms with Gasteiger partial charge in [0, 0.05) is 10.7 Å². The van der Waals surface area contributed by atoms with Gasteiger partial charge >= 0.3 is 0 Å². The van der Waals surface area contributed by atoms with E-state index in [2.05, 4.69) is 0 Å². The van der Waals surface area contributed by atoms with Crippen molar-refractivity contribution in [3.8, 4) is 0 Å². The van der Waals surface area contributed by atoms with Crippen LogP contribution in [0.15, 0.2) is 42.5 Å². The fourth-order valence-corrected chi connectivity index (χ4v) is 2.76. The molecule has 0 saturated heterocycles. The van der Waals surface area contributed by atoms with Gasteiger partial charge in [-0.1, -0.05) is 30.3 Å². The van der Waals surface area contributed by atoms with Crippen LogP contribution in [0.5, 0.6) is 0 Å². The fourth-order valence-electron chi connectivity index (χ4n) is 1.99. The van der Waals surface area contributed by atoms with Gasteiger partial charge in [-0.25, -0.2) is 4.39 Å². The van der Waals surface area contributed by atoms with Crippen LogP contribution in [0.2, 0.25) is 0 Å². The lowest BCUT2D eigenvalue weighted by Crippen LogP contribution is -2.03. The van der Waals surface area contributed by atoms with Gasteiger partial charge in [0.2, 0.25) is 0 Å². The first-order valence-electron chi connectivity index (χ1n) is 6.32. The molecule has 0 saturated carbocycles. The highest BCUT2D eigenvalue weighted by Crippen LogP contribution is 2.27. The van der Waals surface area contributed by atoms with Crippen LogP contribution in [0.4, 0.5) is 4.39 Å². The number of benzene rings is 2. The molecule has 1 N–H and O–H groups in total. The SMILES string of the molecule is COCCc1ccc(C(O)c2ccc(F)cc2I)cc1. The van der Waals surface area contributed by atoms with Crippen molar-refractivity contribution in [1.82, 2.24) is 0 Å². The standard InChI is InChI=1S/C16H16FIO2/c1-20-9-8-11-2-4-12(5-3-11)16(19)14-7-6-13(17)10-15(14)18/h2-7,10,16,19H,8-9H2,1H3. The van der Waals surface area contributed by atoms with Crippen molar-refractivity contribution in [2.24, 2.45) is 0 Å². The molecule has 1 atom stereocenters. The van der Waals surface area contributed by atoms with E-state index in [-0.39, 0.29) is 5.82 Å². The van der Waals surface area contributed by atoms with E-state index >= 15 is 0 Å². The van der Waals surface area contributed by atoms with E-state index in [4.69, 9.17) is 4.74 Å². The maximum Gasteiger partial charge on any atom is 0.124 e. The second-order valence-electron chi connectivity index (χ2n) is 4.55. The molecule has 0 amide bonds. The largest absolute Gasteiger partial charge is 0.384 e. The maximum absolute atomic E-state index is 13.1. The van der Waals surface area contributed by atoms with Crippen LogP contribution in [0, 0.1) is 9.39 Å². The molecule has 0 heterocycles. The highest BCUT2D eigenvalue weighted by atomic mass is 127. The Morgan fingerprint density at radius 3 is 2.50 bits per heavy atom. The van der Waals surface area contributed by atoms with Gasteiger partial charge < -0.3 is 9.84 Å². The third-order valence-electron chi connectivity index (χ3n) is 3.15. The second-order valence-corrected chi connectivity index (χ2v) is 5.71. The van der Waals surface area contributed by atoms with Crippen molar-refractivity contribution < 1.29 is 14.2 Å². The van der Waals surface area contributed by atoms with Crippen molar-refractivity contribution in [2.45, 2.75) is 12.5 Å². The molecule has 2 aromatic rings. The summed E-state index contributed by atoms with van der Waals surface area (Å²) >= 11 is 2.04. The van der Waals surface area contributed by atoms with Crippen LogP contribution < -0.4 is 0 Å². The third kappa shape index (κ3) is 3.77. The van der Waals surface area contributed by atoms with E-state index in [1.165, 1.54) is 12.1 Å². The van der Waals surface area contributed by atoms with E-state index in [9.17, 15) is 9.50 Å². The first kappa shape index (κ1) is 15.4. The maximum atomic E-state index is 13.1. The number of rotatable bonds is 5. The molecule has 0 aliphatic carbocycles. The van der Waals surface area contributed by atoms with Gasteiger partial charge in [0.05, 0.1) is 6.61 Å². The van der Waals surface area contributed by atoms with E-state index < -0.39 is 6.10 Å². The Morgan fingerprint density at radius 1 is 1.20 bits per heavy atom. The molecule has 106 valence electrons. The summed E-state index contributed by atoms with van der Waals surface area (Å²) in [6.07, 6.45) is 0.111. The summed E-state index contributed by atoms with van der Waals surface area (Å²) in [7, 11) is 1.68. The zero-order chi connectivity index (χ0) is 14.5. The predicted octanol–water partition coefficient (Wildman–Crippen LogP) is 3.70. The zero-order valence-corrected chi connectivity index (χ0v) is 13.3. The van der Waals surface area contributed by atoms with E-state index in [1.54, 1.807) is 13.2 Å². The number of aliphatic hydroxyl groups is 1. The Hall–Kier alpha value is -0.980. The summed E-state index contributed by atoms with van der Waals surface area (Å²) in [5.41, 5.74) is 2.68. The number of ether oxygens (including phenoxy) is 1. The predicted molar refractivity (Wildman–Crippen MR) is 85.2 cm³/mol. The van der Waals surface area contributed by atoms with Gasteiger partial charge in [0.1, 0.15) is 11.9 Å². The Bertz CT molecular complexity index is 569. The molecule has 0 fully saturated rings. The number of hydrogen-bond donors (Lipinski definition) is 1. The van der Waals surface area contributed by atoms with Crippen LogP contribution in [0.3, 0.4) is 0 Å². The minimum absolute atomic E-state index is 0.291. The van der Waals surface area contributed by atoms with E-state index in [0.29, 0.717) is 6.61 Å². The average Bonchev–Trinajstić information content (AvgIpc) is 2.45. The van der Waals surface area contributed by atoms with Gasteiger partial charge in [0.25, 0.3) is 0 Å². The molecule has 4 heteroatoms. The summed E-state index contributed by atoms with van der Waals surface area (Å²) in [4.78, 5) is 0. The monoisotopic (exact) mass is 386 g/mol. The Labute approximate surface area is 131 Å². The van der Waals surface area contributed by atoms with Crippen molar-refractivity contribution in [3.05, 3.63) is 68.5 Å². The quantitative estimate of drug-likeness (QED) is 0.795. The number of halogens is 2. The normalized spacial score (nSPS) is 12.4. The molecule has 2 rings (SSSR count). The lowest BCUT2D eigenvalue weighted by molar-refractivity contribution is 0.202. The smallest absolute Gasteiger partial charge is 0.124 e. The van der Waals surface area contributed by atoms with Crippen LogP contribution in [0.25, 0.3) is 0 Å². The molecular formula is C16H16FIO2. The highest BCUT2D eigenvalue weighted by molar-refractivity contribution is 14.1. The fraction of sp³-hybridized carbons (Fsp3) is 0.250. The molecule has 0 aliphatic heterocycles. The molecule has 0 radical (unpaired) electrons. The molecule has 2 aromatic carbocycles. The van der Waals surface area contributed by atoms with Gasteiger partial charge in [-0.15, -0.1) is 0 Å². The van der Waals surface area contributed by atoms with Crippen molar-refractivity contribution in [1.29, 1.82) is 0 Å². The molecule has 0 spiro atoms. The molecular weight excluding hydrogens is 370 g/mol. The topological polar surface area (TPSA) is 29.5 Å². The van der Waals surface area contributed by atoms with Gasteiger partial charge in [-0.2, -0.15) is 0 Å². The summed E-state index contributed by atoms with van der Waals surface area (Å²) in [6.45, 7) is 0.678. The van der Waals surface area contributed by atoms with Crippen LogP contribution in [-0.4, -0.2) is 18.8 Å². The van der Waals surface area contributed by atoms with Gasteiger partial charge in [0.15, 0.2) is 0 Å². The second kappa shape index (κ2) is 7.15. The third-order valence-corrected chi connectivity index (χ3v) is 4.08. The summed E-state index contributed by atoms with van der Waals surface area (Å²) < 4.78 is 18.8. The number of hydrogen-bond acceptors (Lipinski definition) is 2. The molecule has 0 aromatic heterocycles. The van der Waals surface area contributed by atoms with Crippen molar-refractivity contribution in [2.75, 3.05) is 13.7 Å². The Balaban J connectivity index is 2.18. The van der Waals surface area contributed by atoms with Crippen LogP contribution in [-0.2, 0) is 11.2 Å². The molecule has 0 aliphatic rings. The summed E-state index contributed by atoms with van der Waals surface area (Å²) in [5, 5.41) is 10.4. The van der Waals surface area contributed by atoms with Gasteiger partial charge in [-0.3, -0.25) is 0 Å². The van der Waals surface area contributed by atoms with Crippen molar-refractivity contribution >= 4 is 22.6 Å². The van der Waals surface area contributed by atoms with Crippen molar-refractivity contribution in [3.63, 3.8) is 0 Å². The average molecular weight is 386 g/mol. The van der Waals surface area contributed by atoms with E-state index in [1.807, 2.05) is 46.9 Å². The van der Waals surface area contributed by atoms with Crippen LogP contribution in [0.1, 0.15) is 22.8 Å². The summed E-state index contributed by atoms with van der Waals surface area (Å²) in [5.74, 6) is -0.291. The number of aliphatic hydroxyl groups excluding tert-OH is 1.